The zero-order chi connectivity index (χ0) is 11.7. The lowest BCUT2D eigenvalue weighted by Crippen LogP contribution is -2.49. The SMILES string of the molecule is CC(=O)C1C(O)C(O)CN1C(=O)C(C)N. The van der Waals surface area contributed by atoms with E-state index >= 15 is 0 Å². The molecule has 1 saturated heterocycles. The van der Waals surface area contributed by atoms with Crippen molar-refractivity contribution in [2.24, 2.45) is 5.73 Å². The van der Waals surface area contributed by atoms with Crippen LogP contribution in [-0.2, 0) is 9.59 Å². The van der Waals surface area contributed by atoms with Crippen molar-refractivity contribution in [3.05, 3.63) is 0 Å². The number of carbonyl (C=O) groups excluding carboxylic acids is 2. The van der Waals surface area contributed by atoms with E-state index in [1.165, 1.54) is 13.8 Å². The summed E-state index contributed by atoms with van der Waals surface area (Å²) in [6.07, 6.45) is -2.30. The number of amides is 1. The summed E-state index contributed by atoms with van der Waals surface area (Å²) < 4.78 is 0. The predicted molar refractivity (Wildman–Crippen MR) is 51.8 cm³/mol. The molecule has 0 aliphatic carbocycles. The van der Waals surface area contributed by atoms with Gasteiger partial charge in [0.15, 0.2) is 5.78 Å². The Kier molecular flexibility index (Phi) is 3.43. The van der Waals surface area contributed by atoms with Crippen LogP contribution in [-0.4, -0.2) is 57.6 Å². The van der Waals surface area contributed by atoms with Gasteiger partial charge in [0.2, 0.25) is 5.91 Å². The molecule has 15 heavy (non-hydrogen) atoms. The fourth-order valence-electron chi connectivity index (χ4n) is 1.77. The summed E-state index contributed by atoms with van der Waals surface area (Å²) in [5.74, 6) is -0.793. The molecule has 0 bridgehead atoms. The van der Waals surface area contributed by atoms with Crippen molar-refractivity contribution in [3.63, 3.8) is 0 Å². The van der Waals surface area contributed by atoms with Gasteiger partial charge in [0, 0.05) is 0 Å². The number of Topliss-reactive ketones (excluding diaryl/α,β-unsaturated/α-hetero) is 1. The predicted octanol–water partition coefficient (Wildman–Crippen LogP) is -2.14. The van der Waals surface area contributed by atoms with Gasteiger partial charge in [-0.3, -0.25) is 9.59 Å². The molecule has 0 aromatic carbocycles. The van der Waals surface area contributed by atoms with Gasteiger partial charge in [-0.25, -0.2) is 0 Å². The van der Waals surface area contributed by atoms with Crippen LogP contribution in [0.25, 0.3) is 0 Å². The van der Waals surface area contributed by atoms with Crippen molar-refractivity contribution in [3.8, 4) is 0 Å². The number of hydrogen-bond donors (Lipinski definition) is 3. The van der Waals surface area contributed by atoms with Gasteiger partial charge < -0.3 is 20.8 Å². The molecule has 4 atom stereocenters. The first kappa shape index (κ1) is 12.1. The molecule has 6 heteroatoms. The van der Waals surface area contributed by atoms with Crippen molar-refractivity contribution in [1.82, 2.24) is 4.90 Å². The molecule has 0 saturated carbocycles. The van der Waals surface area contributed by atoms with Gasteiger partial charge in [0.1, 0.15) is 12.1 Å². The van der Waals surface area contributed by atoms with Crippen LogP contribution in [0.2, 0.25) is 0 Å². The van der Waals surface area contributed by atoms with Crippen molar-refractivity contribution < 1.29 is 19.8 Å². The quantitative estimate of drug-likeness (QED) is 0.488. The number of rotatable bonds is 2. The number of likely N-dealkylation sites (tertiary alicyclic amines) is 1. The van der Waals surface area contributed by atoms with E-state index in [4.69, 9.17) is 5.73 Å². The van der Waals surface area contributed by atoms with E-state index in [0.717, 1.165) is 4.90 Å². The highest BCUT2D eigenvalue weighted by Gasteiger charge is 2.45. The van der Waals surface area contributed by atoms with Gasteiger partial charge in [-0.05, 0) is 13.8 Å². The Balaban J connectivity index is 2.89. The lowest BCUT2D eigenvalue weighted by atomic mass is 10.1. The smallest absolute Gasteiger partial charge is 0.239 e. The molecule has 0 aromatic heterocycles. The van der Waals surface area contributed by atoms with Crippen LogP contribution in [0.15, 0.2) is 0 Å². The normalized spacial score (nSPS) is 32.9. The summed E-state index contributed by atoms with van der Waals surface area (Å²) in [4.78, 5) is 24.0. The molecule has 4 unspecified atom stereocenters. The van der Waals surface area contributed by atoms with Crippen LogP contribution >= 0.6 is 0 Å². The molecule has 1 fully saturated rings. The second-order valence-electron chi connectivity index (χ2n) is 3.89. The number of carbonyl (C=O) groups is 2. The summed E-state index contributed by atoms with van der Waals surface area (Å²) in [7, 11) is 0. The number of β-amino-alcohol motifs (C(OH)–C–C–N with tert-alkyl or cyclic N) is 1. The molecule has 1 aliphatic heterocycles. The van der Waals surface area contributed by atoms with Crippen LogP contribution in [0.5, 0.6) is 0 Å². The second kappa shape index (κ2) is 4.26. The largest absolute Gasteiger partial charge is 0.388 e. The first-order valence-electron chi connectivity index (χ1n) is 4.79. The van der Waals surface area contributed by atoms with E-state index in [9.17, 15) is 19.8 Å². The third-order valence-corrected chi connectivity index (χ3v) is 2.53. The van der Waals surface area contributed by atoms with E-state index < -0.39 is 30.2 Å². The van der Waals surface area contributed by atoms with Crippen molar-refractivity contribution in [2.45, 2.75) is 38.1 Å². The number of ketones is 1. The number of nitrogens with zero attached hydrogens (tertiary/aromatic N) is 1. The summed E-state index contributed by atoms with van der Waals surface area (Å²) in [6, 6.07) is -1.72. The standard InChI is InChI=1S/C9H16N2O4/c1-4(10)9(15)11-3-6(13)8(14)7(11)5(2)12/h4,6-8,13-14H,3,10H2,1-2H3. The number of hydrogen-bond acceptors (Lipinski definition) is 5. The molecule has 0 radical (unpaired) electrons. The average molecular weight is 216 g/mol. The summed E-state index contributed by atoms with van der Waals surface area (Å²) in [5, 5.41) is 18.9. The second-order valence-corrected chi connectivity index (χ2v) is 3.89. The minimum atomic E-state index is -1.22. The molecule has 0 aromatic rings. The molecule has 1 heterocycles. The van der Waals surface area contributed by atoms with Crippen LogP contribution < -0.4 is 5.73 Å². The van der Waals surface area contributed by atoms with Gasteiger partial charge in [-0.15, -0.1) is 0 Å². The molecule has 1 amide bonds. The molecule has 6 nitrogen and oxygen atoms in total. The maximum absolute atomic E-state index is 11.6. The van der Waals surface area contributed by atoms with Gasteiger partial charge in [0.05, 0.1) is 18.7 Å². The number of aliphatic hydroxyl groups is 2. The third kappa shape index (κ3) is 2.17. The minimum Gasteiger partial charge on any atom is -0.388 e. The molecule has 86 valence electrons. The summed E-state index contributed by atoms with van der Waals surface area (Å²) in [6.45, 7) is 2.72. The van der Waals surface area contributed by atoms with Crippen LogP contribution in [0.1, 0.15) is 13.8 Å². The Hall–Kier alpha value is -0.980. The van der Waals surface area contributed by atoms with E-state index in [1.807, 2.05) is 0 Å². The number of aliphatic hydroxyl groups excluding tert-OH is 2. The first-order chi connectivity index (χ1) is 6.86. The fourth-order valence-corrected chi connectivity index (χ4v) is 1.77. The van der Waals surface area contributed by atoms with E-state index in [-0.39, 0.29) is 12.3 Å². The highest BCUT2D eigenvalue weighted by molar-refractivity contribution is 5.90. The van der Waals surface area contributed by atoms with Crippen LogP contribution in [0.4, 0.5) is 0 Å². The maximum Gasteiger partial charge on any atom is 0.239 e. The highest BCUT2D eigenvalue weighted by Crippen LogP contribution is 2.20. The molecule has 1 rings (SSSR count). The Morgan fingerprint density at radius 2 is 2.00 bits per heavy atom. The Morgan fingerprint density at radius 3 is 2.40 bits per heavy atom. The fraction of sp³-hybridized carbons (Fsp3) is 0.778. The topological polar surface area (TPSA) is 104 Å². The van der Waals surface area contributed by atoms with E-state index in [2.05, 4.69) is 0 Å². The van der Waals surface area contributed by atoms with E-state index in [1.54, 1.807) is 0 Å². The Morgan fingerprint density at radius 1 is 1.47 bits per heavy atom. The third-order valence-electron chi connectivity index (χ3n) is 2.53. The molecular weight excluding hydrogens is 200 g/mol. The monoisotopic (exact) mass is 216 g/mol. The van der Waals surface area contributed by atoms with Gasteiger partial charge in [-0.1, -0.05) is 0 Å². The highest BCUT2D eigenvalue weighted by atomic mass is 16.3. The first-order valence-corrected chi connectivity index (χ1v) is 4.79. The molecular formula is C9H16N2O4. The van der Waals surface area contributed by atoms with Crippen molar-refractivity contribution in [1.29, 1.82) is 0 Å². The lowest BCUT2D eigenvalue weighted by molar-refractivity contribution is -0.139. The Labute approximate surface area is 87.7 Å². The Bertz CT molecular complexity index is 279. The van der Waals surface area contributed by atoms with Crippen molar-refractivity contribution in [2.75, 3.05) is 6.54 Å². The van der Waals surface area contributed by atoms with Crippen LogP contribution in [0, 0.1) is 0 Å². The average Bonchev–Trinajstić information content (AvgIpc) is 2.41. The zero-order valence-electron chi connectivity index (χ0n) is 8.75. The van der Waals surface area contributed by atoms with Crippen LogP contribution in [0.3, 0.4) is 0 Å². The summed E-state index contributed by atoms with van der Waals surface area (Å²) >= 11 is 0. The van der Waals surface area contributed by atoms with Gasteiger partial charge >= 0.3 is 0 Å². The molecule has 1 aliphatic rings. The maximum atomic E-state index is 11.6. The lowest BCUT2D eigenvalue weighted by Gasteiger charge is -2.25. The molecule has 4 N–H and O–H groups in total. The minimum absolute atomic E-state index is 0.0498. The van der Waals surface area contributed by atoms with E-state index in [0.29, 0.717) is 0 Å². The molecule has 0 spiro atoms. The van der Waals surface area contributed by atoms with Gasteiger partial charge in [-0.2, -0.15) is 0 Å². The van der Waals surface area contributed by atoms with Gasteiger partial charge in [0.25, 0.3) is 0 Å². The number of nitrogens with two attached hydrogens (primary N) is 1. The van der Waals surface area contributed by atoms with Crippen molar-refractivity contribution >= 4 is 11.7 Å². The zero-order valence-corrected chi connectivity index (χ0v) is 8.75. The summed E-state index contributed by atoms with van der Waals surface area (Å²) in [5.41, 5.74) is 5.40.